The van der Waals surface area contributed by atoms with Crippen molar-refractivity contribution in [1.82, 2.24) is 0 Å². The Balaban J connectivity index is 0.00000100. The van der Waals surface area contributed by atoms with Crippen LogP contribution in [0.25, 0.3) is 0 Å². The summed E-state index contributed by atoms with van der Waals surface area (Å²) in [6.45, 7) is 13.0. The van der Waals surface area contributed by atoms with Crippen molar-refractivity contribution in [3.05, 3.63) is 59.7 Å². The zero-order valence-electron chi connectivity index (χ0n) is 35.0. The number of hydrogen-bond donors (Lipinski definition) is 0. The maximum absolute atomic E-state index is 12.7. The van der Waals surface area contributed by atoms with E-state index in [1.165, 1.54) is 101 Å². The molecule has 0 aromatic heterocycles. The van der Waals surface area contributed by atoms with Gasteiger partial charge < -0.3 is 18.9 Å². The van der Waals surface area contributed by atoms with Crippen LogP contribution in [0.15, 0.2) is 48.5 Å². The molecule has 0 aliphatic heterocycles. The summed E-state index contributed by atoms with van der Waals surface area (Å²) in [6, 6.07) is 15.4. The Morgan fingerprint density at radius 1 is 0.434 bits per heavy atom. The number of rotatable bonds is 30. The zero-order valence-corrected chi connectivity index (χ0v) is 37.8. The molecule has 0 N–H and O–H groups in total. The van der Waals surface area contributed by atoms with Gasteiger partial charge in [0.25, 0.3) is 0 Å². The smallest absolute Gasteiger partial charge is 0.796 e. The van der Waals surface area contributed by atoms with Crippen molar-refractivity contribution in [2.75, 3.05) is 12.3 Å². The van der Waals surface area contributed by atoms with Gasteiger partial charge in [0.15, 0.2) is 0 Å². The minimum Gasteiger partial charge on any atom is -0.796 e. The van der Waals surface area contributed by atoms with Crippen LogP contribution in [-0.2, 0) is 38.5 Å². The summed E-state index contributed by atoms with van der Waals surface area (Å²) in [5, 5.41) is 1.05. The van der Waals surface area contributed by atoms with Crippen LogP contribution in [0.5, 0.6) is 0 Å². The molecule has 0 aliphatic carbocycles. The van der Waals surface area contributed by atoms with Crippen molar-refractivity contribution in [2.24, 2.45) is 11.8 Å². The molecule has 0 saturated carbocycles. The second kappa shape index (κ2) is 32.4. The summed E-state index contributed by atoms with van der Waals surface area (Å²) in [5.41, 5.74) is 2.53. The van der Waals surface area contributed by atoms with Crippen molar-refractivity contribution >= 4 is 25.3 Å². The van der Waals surface area contributed by atoms with E-state index >= 15 is 0 Å². The molecule has 2 aromatic rings. The second-order valence-electron chi connectivity index (χ2n) is 15.6. The molecule has 4 nitrogen and oxygen atoms in total. The first kappa shape index (κ1) is 52.3. The Morgan fingerprint density at radius 3 is 1.00 bits per heavy atom. The van der Waals surface area contributed by atoms with Crippen LogP contribution in [0.1, 0.15) is 194 Å². The molecule has 0 heterocycles. The van der Waals surface area contributed by atoms with E-state index in [1.54, 1.807) is 0 Å². The molecule has 4 atom stereocenters. The molecule has 308 valence electrons. The Morgan fingerprint density at radius 2 is 0.717 bits per heavy atom. The number of hydrogen-bond acceptors (Lipinski definition) is 4. The quantitative estimate of drug-likeness (QED) is 0.0447. The van der Waals surface area contributed by atoms with Crippen LogP contribution in [0.3, 0.4) is 0 Å². The standard InChI is InChI=1S/2C23H41O2P.Ni/c2*1-4-7-9-10-11-12-13-15-22-16-18-23(19-17-22)26(24,25)20-21(6-3)14-8-5-2;/h2*16-19,21H,4-15,20H2,1-3H3,(H,24,25);/q;;+2/p-2. The molecule has 0 fully saturated rings. The van der Waals surface area contributed by atoms with Crippen LogP contribution < -0.4 is 20.4 Å². The minimum atomic E-state index is -3.48. The van der Waals surface area contributed by atoms with Gasteiger partial charge in [-0.15, -0.1) is 0 Å². The van der Waals surface area contributed by atoms with Crippen LogP contribution in [0.4, 0.5) is 0 Å². The van der Waals surface area contributed by atoms with E-state index in [1.807, 2.05) is 48.5 Å². The van der Waals surface area contributed by atoms with Crippen LogP contribution in [0, 0.1) is 11.8 Å². The van der Waals surface area contributed by atoms with Gasteiger partial charge >= 0.3 is 16.5 Å². The summed E-state index contributed by atoms with van der Waals surface area (Å²) in [4.78, 5) is 25.4. The molecule has 53 heavy (non-hydrogen) atoms. The van der Waals surface area contributed by atoms with Gasteiger partial charge in [0, 0.05) is 14.7 Å². The van der Waals surface area contributed by atoms with Crippen molar-refractivity contribution < 1.29 is 35.4 Å². The molecule has 2 aromatic carbocycles. The number of benzene rings is 2. The van der Waals surface area contributed by atoms with Gasteiger partial charge in [0.05, 0.1) is 0 Å². The first-order valence-electron chi connectivity index (χ1n) is 21.9. The molecule has 0 saturated heterocycles. The molecule has 0 aliphatic rings. The molecule has 0 amide bonds. The molecule has 4 unspecified atom stereocenters. The van der Waals surface area contributed by atoms with E-state index < -0.39 is 14.7 Å². The molecular weight excluding hydrogens is 737 g/mol. The van der Waals surface area contributed by atoms with Gasteiger partial charge in [0.1, 0.15) is 0 Å². The van der Waals surface area contributed by atoms with Gasteiger partial charge in [-0.3, -0.25) is 0 Å². The SMILES string of the molecule is CCCCCCCCCc1ccc(P(=O)([O-])CC(CC)CCCC)cc1.CCCCCCCCCc1ccc(P(=O)([O-])CC(CC)CCCC)cc1.[Ni+2]. The summed E-state index contributed by atoms with van der Waals surface area (Å²) < 4.78 is 25.4. The van der Waals surface area contributed by atoms with Crippen molar-refractivity contribution in [3.63, 3.8) is 0 Å². The first-order chi connectivity index (χ1) is 25.1. The van der Waals surface area contributed by atoms with E-state index in [2.05, 4.69) is 41.5 Å². The summed E-state index contributed by atoms with van der Waals surface area (Å²) in [5.74, 6) is 0.594. The fourth-order valence-electron chi connectivity index (χ4n) is 7.08. The van der Waals surface area contributed by atoms with Gasteiger partial charge in [-0.25, -0.2) is 0 Å². The van der Waals surface area contributed by atoms with E-state index in [4.69, 9.17) is 0 Å². The van der Waals surface area contributed by atoms with Crippen LogP contribution in [0.2, 0.25) is 0 Å². The average molecular weight is 818 g/mol. The zero-order chi connectivity index (χ0) is 38.5. The number of unbranched alkanes of at least 4 members (excludes halogenated alkanes) is 14. The maximum Gasteiger partial charge on any atom is 2.00 e. The Bertz CT molecular complexity index is 1120. The van der Waals surface area contributed by atoms with Crippen LogP contribution in [-0.4, -0.2) is 12.3 Å². The Kier molecular flexibility index (Phi) is 32.0. The second-order valence-corrected chi connectivity index (χ2v) is 20.1. The van der Waals surface area contributed by atoms with E-state index in [9.17, 15) is 18.9 Å². The topological polar surface area (TPSA) is 80.3 Å². The minimum absolute atomic E-state index is 0. The van der Waals surface area contributed by atoms with Crippen molar-refractivity contribution in [2.45, 2.75) is 196 Å². The average Bonchev–Trinajstić information content (AvgIpc) is 3.14. The molecule has 7 heteroatoms. The first-order valence-corrected chi connectivity index (χ1v) is 25.5. The van der Waals surface area contributed by atoms with Crippen molar-refractivity contribution in [1.29, 1.82) is 0 Å². The fourth-order valence-corrected chi connectivity index (χ4v) is 10.9. The maximum atomic E-state index is 12.7. The monoisotopic (exact) mass is 816 g/mol. The third-order valence-corrected chi connectivity index (χ3v) is 15.0. The Hall–Kier alpha value is -0.686. The molecule has 0 spiro atoms. The largest absolute Gasteiger partial charge is 2.00 e. The van der Waals surface area contributed by atoms with Gasteiger partial charge in [-0.2, -0.15) is 0 Å². The predicted molar refractivity (Wildman–Crippen MR) is 227 cm³/mol. The molecular formula is C46H80NiO4P2. The third kappa shape index (κ3) is 24.5. The van der Waals surface area contributed by atoms with E-state index in [0.717, 1.165) is 64.2 Å². The van der Waals surface area contributed by atoms with Gasteiger partial charge in [-0.1, -0.05) is 218 Å². The molecule has 0 radical (unpaired) electrons. The normalized spacial score (nSPS) is 14.6. The summed E-state index contributed by atoms with van der Waals surface area (Å²) in [7, 11) is -6.95. The predicted octanol–water partition coefficient (Wildman–Crippen LogP) is 12.9. The van der Waals surface area contributed by atoms with Gasteiger partial charge in [0.2, 0.25) is 0 Å². The summed E-state index contributed by atoms with van der Waals surface area (Å²) in [6.07, 6.45) is 29.6. The van der Waals surface area contributed by atoms with E-state index in [-0.39, 0.29) is 16.5 Å². The van der Waals surface area contributed by atoms with E-state index in [0.29, 0.717) is 34.8 Å². The molecule has 2 rings (SSSR count). The van der Waals surface area contributed by atoms with Crippen LogP contribution >= 0.6 is 14.7 Å². The van der Waals surface area contributed by atoms with Crippen molar-refractivity contribution in [3.8, 4) is 0 Å². The molecule has 0 bridgehead atoms. The fraction of sp³-hybridized carbons (Fsp3) is 0.739. The Labute approximate surface area is 338 Å². The summed E-state index contributed by atoms with van der Waals surface area (Å²) >= 11 is 0. The number of aryl methyl sites for hydroxylation is 2. The third-order valence-electron chi connectivity index (χ3n) is 10.9. The van der Waals surface area contributed by atoms with Gasteiger partial charge in [-0.05, 0) is 71.6 Å².